The Morgan fingerprint density at radius 2 is 1.87 bits per heavy atom. The van der Waals surface area contributed by atoms with E-state index >= 15 is 0 Å². The Hall–Kier alpha value is -3.06. The maximum atomic E-state index is 10.7. The third kappa shape index (κ3) is 3.24. The second-order valence-corrected chi connectivity index (χ2v) is 5.07. The summed E-state index contributed by atoms with van der Waals surface area (Å²) < 4.78 is 1.88. The van der Waals surface area contributed by atoms with Crippen molar-refractivity contribution in [1.29, 1.82) is 0 Å². The minimum atomic E-state index is -1.21. The highest BCUT2D eigenvalue weighted by Gasteiger charge is 2.06. The molecular weight excluding hydrogens is 312 g/mol. The van der Waals surface area contributed by atoms with Crippen LogP contribution in [0.5, 0.6) is 0 Å². The average molecular weight is 323 g/mol. The number of nitrogens with zero attached hydrogens (tertiary/aromatic N) is 3. The molecule has 0 unspecified atom stereocenters. The van der Waals surface area contributed by atoms with Crippen molar-refractivity contribution in [1.82, 2.24) is 14.9 Å². The van der Waals surface area contributed by atoms with E-state index in [0.717, 1.165) is 11.1 Å². The molecule has 0 spiro atoms. The number of carbonyl (C=O) groups is 1. The summed E-state index contributed by atoms with van der Waals surface area (Å²) in [5.74, 6) is -0.616. The molecule has 23 heavy (non-hydrogen) atoms. The molecule has 114 valence electrons. The monoisotopic (exact) mass is 323 g/mol. The molecule has 0 aliphatic heterocycles. The van der Waals surface area contributed by atoms with Crippen molar-refractivity contribution in [2.24, 2.45) is 5.10 Å². The van der Waals surface area contributed by atoms with E-state index in [1.807, 2.05) is 30.3 Å². The van der Waals surface area contributed by atoms with Gasteiger partial charge in [-0.1, -0.05) is 54.6 Å². The van der Waals surface area contributed by atoms with E-state index < -0.39 is 5.97 Å². The number of nitrogens with one attached hydrogen (secondary N) is 1. The van der Waals surface area contributed by atoms with Crippen LogP contribution in [0.15, 0.2) is 59.7 Å². The lowest BCUT2D eigenvalue weighted by molar-refractivity contribution is -0.255. The first-order chi connectivity index (χ1) is 11.1. The molecule has 0 aliphatic carbocycles. The third-order valence-corrected chi connectivity index (χ3v) is 3.42. The predicted octanol–water partition coefficient (Wildman–Crippen LogP) is 1.85. The summed E-state index contributed by atoms with van der Waals surface area (Å²) in [6.07, 6.45) is 1.58. The number of aromatic nitrogens is 3. The van der Waals surface area contributed by atoms with Crippen LogP contribution in [0, 0.1) is 4.77 Å². The minimum absolute atomic E-state index is 0.118. The average Bonchev–Trinajstić information content (AvgIpc) is 2.95. The standard InChI is InChI=1S/C16H12N4O2S/c21-15(22)13-8-6-11(7-9-13)10-17-20-14(18-19-16(20)23)12-4-2-1-3-5-12/h1-10H,(H,19,23)(H,21,22)/p-1/b17-10-. The Labute approximate surface area is 136 Å². The van der Waals surface area contributed by atoms with E-state index in [-0.39, 0.29) is 5.56 Å². The summed E-state index contributed by atoms with van der Waals surface area (Å²) in [6.45, 7) is 0. The molecule has 0 aliphatic rings. The predicted molar refractivity (Wildman–Crippen MR) is 86.6 cm³/mol. The molecular formula is C16H11N4O2S-. The molecule has 0 radical (unpaired) electrons. The third-order valence-electron chi connectivity index (χ3n) is 3.15. The number of aromatic carboxylic acids is 1. The molecule has 0 saturated carbocycles. The number of carboxylic acids is 1. The Morgan fingerprint density at radius 3 is 2.52 bits per heavy atom. The smallest absolute Gasteiger partial charge is 0.216 e. The molecule has 0 saturated heterocycles. The van der Waals surface area contributed by atoms with Crippen LogP contribution in [0.2, 0.25) is 0 Å². The van der Waals surface area contributed by atoms with Crippen LogP contribution in [-0.2, 0) is 0 Å². The summed E-state index contributed by atoms with van der Waals surface area (Å²) in [5, 5.41) is 21.9. The highest BCUT2D eigenvalue weighted by Crippen LogP contribution is 2.16. The molecule has 2 aromatic carbocycles. The zero-order valence-corrected chi connectivity index (χ0v) is 12.7. The van der Waals surface area contributed by atoms with Gasteiger partial charge in [-0.15, -0.1) is 0 Å². The van der Waals surface area contributed by atoms with E-state index in [4.69, 9.17) is 12.2 Å². The van der Waals surface area contributed by atoms with Crippen molar-refractivity contribution in [3.63, 3.8) is 0 Å². The van der Waals surface area contributed by atoms with Gasteiger partial charge in [-0.25, -0.2) is 5.10 Å². The Balaban J connectivity index is 1.93. The molecule has 1 heterocycles. The highest BCUT2D eigenvalue weighted by molar-refractivity contribution is 7.71. The van der Waals surface area contributed by atoms with Crippen LogP contribution in [0.25, 0.3) is 11.4 Å². The van der Waals surface area contributed by atoms with Gasteiger partial charge in [0, 0.05) is 5.56 Å². The van der Waals surface area contributed by atoms with Gasteiger partial charge in [0.1, 0.15) is 0 Å². The quantitative estimate of drug-likeness (QED) is 0.586. The number of rotatable bonds is 4. The van der Waals surface area contributed by atoms with Crippen LogP contribution in [0.4, 0.5) is 0 Å². The zero-order valence-electron chi connectivity index (χ0n) is 11.8. The topological polar surface area (TPSA) is 86.1 Å². The van der Waals surface area contributed by atoms with Gasteiger partial charge in [0.05, 0.1) is 12.2 Å². The number of hydrogen-bond acceptors (Lipinski definition) is 5. The number of hydrogen-bond donors (Lipinski definition) is 1. The molecule has 3 rings (SSSR count). The fourth-order valence-electron chi connectivity index (χ4n) is 2.00. The molecule has 0 atom stereocenters. The summed E-state index contributed by atoms with van der Waals surface area (Å²) in [4.78, 5) is 10.7. The Kier molecular flexibility index (Phi) is 4.11. The maximum Gasteiger partial charge on any atom is 0.216 e. The van der Waals surface area contributed by atoms with Gasteiger partial charge in [0.25, 0.3) is 0 Å². The van der Waals surface area contributed by atoms with Gasteiger partial charge in [-0.3, -0.25) is 0 Å². The second kappa shape index (κ2) is 6.37. The van der Waals surface area contributed by atoms with Gasteiger partial charge in [-0.05, 0) is 23.3 Å². The minimum Gasteiger partial charge on any atom is -0.545 e. The van der Waals surface area contributed by atoms with Crippen molar-refractivity contribution in [3.8, 4) is 11.4 Å². The first kappa shape index (κ1) is 14.9. The van der Waals surface area contributed by atoms with Crippen molar-refractivity contribution in [2.75, 3.05) is 0 Å². The first-order valence-corrected chi connectivity index (χ1v) is 7.14. The van der Waals surface area contributed by atoms with Crippen LogP contribution in [-0.4, -0.2) is 27.1 Å². The highest BCUT2D eigenvalue weighted by atomic mass is 32.1. The van der Waals surface area contributed by atoms with Gasteiger partial charge >= 0.3 is 0 Å². The van der Waals surface area contributed by atoms with E-state index in [1.165, 1.54) is 16.8 Å². The van der Waals surface area contributed by atoms with Crippen LogP contribution >= 0.6 is 12.2 Å². The van der Waals surface area contributed by atoms with Crippen molar-refractivity contribution in [2.45, 2.75) is 0 Å². The number of aromatic amines is 1. The lowest BCUT2D eigenvalue weighted by atomic mass is 10.1. The molecule has 3 aromatic rings. The Bertz CT molecular complexity index is 911. The summed E-state index contributed by atoms with van der Waals surface area (Å²) >= 11 is 5.19. The fourth-order valence-corrected chi connectivity index (χ4v) is 2.18. The van der Waals surface area contributed by atoms with Crippen LogP contribution in [0.3, 0.4) is 0 Å². The molecule has 7 heteroatoms. The fraction of sp³-hybridized carbons (Fsp3) is 0. The van der Waals surface area contributed by atoms with Gasteiger partial charge in [-0.2, -0.15) is 14.9 Å². The van der Waals surface area contributed by atoms with E-state index in [1.54, 1.807) is 18.3 Å². The first-order valence-electron chi connectivity index (χ1n) is 6.74. The van der Waals surface area contributed by atoms with Crippen LogP contribution < -0.4 is 5.11 Å². The van der Waals surface area contributed by atoms with Gasteiger partial charge in [0.2, 0.25) is 4.77 Å². The molecule has 0 amide bonds. The maximum absolute atomic E-state index is 10.7. The summed E-state index contributed by atoms with van der Waals surface area (Å²) in [6, 6.07) is 15.7. The normalized spacial score (nSPS) is 11.0. The van der Waals surface area contributed by atoms with Crippen LogP contribution in [0.1, 0.15) is 15.9 Å². The van der Waals surface area contributed by atoms with E-state index in [9.17, 15) is 9.90 Å². The molecule has 0 fully saturated rings. The molecule has 1 aromatic heterocycles. The van der Waals surface area contributed by atoms with Gasteiger partial charge < -0.3 is 9.90 Å². The van der Waals surface area contributed by atoms with Crippen molar-refractivity contribution in [3.05, 3.63) is 70.5 Å². The van der Waals surface area contributed by atoms with Gasteiger partial charge in [0.15, 0.2) is 5.82 Å². The van der Waals surface area contributed by atoms with Crippen molar-refractivity contribution < 1.29 is 9.90 Å². The SMILES string of the molecule is O=C([O-])c1ccc(/C=N\n2c(-c3ccccc3)n[nH]c2=S)cc1. The number of H-pyrrole nitrogens is 1. The van der Waals surface area contributed by atoms with Crippen molar-refractivity contribution >= 4 is 24.4 Å². The second-order valence-electron chi connectivity index (χ2n) is 4.68. The number of benzene rings is 2. The Morgan fingerprint density at radius 1 is 1.17 bits per heavy atom. The summed E-state index contributed by atoms with van der Waals surface area (Å²) in [7, 11) is 0. The molecule has 6 nitrogen and oxygen atoms in total. The van der Waals surface area contributed by atoms with E-state index in [2.05, 4.69) is 15.3 Å². The molecule has 0 bridgehead atoms. The number of carboxylic acid groups (broad SMARTS) is 1. The lowest BCUT2D eigenvalue weighted by Crippen LogP contribution is -2.21. The largest absolute Gasteiger partial charge is 0.545 e. The lowest BCUT2D eigenvalue weighted by Gasteiger charge is -2.02. The van der Waals surface area contributed by atoms with E-state index in [0.29, 0.717) is 10.6 Å². The summed E-state index contributed by atoms with van der Waals surface area (Å²) in [5.41, 5.74) is 1.73. The molecule has 1 N–H and O–H groups in total. The number of carbonyl (C=O) groups excluding carboxylic acids is 1. The zero-order chi connectivity index (χ0) is 16.2.